The minimum atomic E-state index is -0.993. The number of carboxylic acids is 1. The summed E-state index contributed by atoms with van der Waals surface area (Å²) in [5.74, 6) is 0.355. The number of carboxylic acid groups (broad SMARTS) is 1. The molecule has 0 saturated carbocycles. The van der Waals surface area contributed by atoms with Gasteiger partial charge in [-0.3, -0.25) is 4.79 Å². The maximum Gasteiger partial charge on any atom is 0.335 e. The molecule has 1 heterocycles. The van der Waals surface area contributed by atoms with Gasteiger partial charge in [-0.2, -0.15) is 9.78 Å². The topological polar surface area (TPSA) is 103 Å². The van der Waals surface area contributed by atoms with Gasteiger partial charge in [0.05, 0.1) is 34.3 Å². The molecule has 202 valence electrons. The molecule has 0 aliphatic heterocycles. The van der Waals surface area contributed by atoms with Crippen LogP contribution in [0.2, 0.25) is 5.02 Å². The van der Waals surface area contributed by atoms with Crippen molar-refractivity contribution in [3.8, 4) is 11.5 Å². The average molecular weight is 613 g/mol. The van der Waals surface area contributed by atoms with Crippen LogP contribution in [-0.4, -0.2) is 33.6 Å². The number of hydrogen-bond donors (Lipinski definition) is 1. The standard InChI is InChI=1S/C29H27BrClN3O5/c1-4-17(3)27-33-24-11-10-21(30)14-22(24)28(35)34(27)32-15-19-12-23(31)26(25(13-19)38-5-2)39-16-18-6-8-20(9-7-18)29(36)37/h6-15,17H,4-5,16H2,1-3H3,(H,36,37)/t17-/m1/s1. The molecule has 0 radical (unpaired) electrons. The number of aromatic carboxylic acids is 1. The fourth-order valence-electron chi connectivity index (χ4n) is 3.87. The van der Waals surface area contributed by atoms with E-state index in [1.807, 2.05) is 32.9 Å². The van der Waals surface area contributed by atoms with Gasteiger partial charge in [-0.15, -0.1) is 0 Å². The molecule has 8 nitrogen and oxygen atoms in total. The van der Waals surface area contributed by atoms with Gasteiger partial charge in [0.1, 0.15) is 12.4 Å². The first-order chi connectivity index (χ1) is 18.7. The zero-order chi connectivity index (χ0) is 28.1. The van der Waals surface area contributed by atoms with Gasteiger partial charge in [0.2, 0.25) is 0 Å². The molecule has 0 aliphatic carbocycles. The van der Waals surface area contributed by atoms with E-state index < -0.39 is 5.97 Å². The van der Waals surface area contributed by atoms with Gasteiger partial charge in [-0.05, 0) is 66.9 Å². The summed E-state index contributed by atoms with van der Waals surface area (Å²) >= 11 is 10.0. The Kier molecular flexibility index (Phi) is 9.04. The van der Waals surface area contributed by atoms with E-state index in [9.17, 15) is 9.59 Å². The summed E-state index contributed by atoms with van der Waals surface area (Å²) in [6.45, 7) is 6.43. The van der Waals surface area contributed by atoms with Crippen LogP contribution in [0.5, 0.6) is 11.5 Å². The molecule has 4 aromatic rings. The molecule has 0 spiro atoms. The Labute approximate surface area is 239 Å². The molecule has 1 atom stereocenters. The van der Waals surface area contributed by atoms with E-state index in [0.717, 1.165) is 16.5 Å². The first-order valence-corrected chi connectivity index (χ1v) is 13.6. The van der Waals surface area contributed by atoms with Crippen LogP contribution in [0, 0.1) is 0 Å². The number of carbonyl (C=O) groups is 1. The largest absolute Gasteiger partial charge is 0.490 e. The molecular weight excluding hydrogens is 586 g/mol. The zero-order valence-corrected chi connectivity index (χ0v) is 24.0. The summed E-state index contributed by atoms with van der Waals surface area (Å²) in [5.41, 5.74) is 1.93. The highest BCUT2D eigenvalue weighted by atomic mass is 79.9. The van der Waals surface area contributed by atoms with E-state index in [-0.39, 0.29) is 23.6 Å². The molecule has 4 rings (SSSR count). The van der Waals surface area contributed by atoms with Crippen molar-refractivity contribution in [3.63, 3.8) is 0 Å². The summed E-state index contributed by atoms with van der Waals surface area (Å²) in [6.07, 6.45) is 2.33. The number of rotatable bonds is 10. The fourth-order valence-corrected chi connectivity index (χ4v) is 4.50. The SMILES string of the molecule is CCOc1cc(C=Nn2c([C@H](C)CC)nc3ccc(Br)cc3c2=O)cc(Cl)c1OCc1ccc(C(=O)O)cc1. The van der Waals surface area contributed by atoms with Crippen LogP contribution in [0.4, 0.5) is 0 Å². The minimum absolute atomic E-state index is 0.00538. The molecule has 1 N–H and O–H groups in total. The Balaban J connectivity index is 1.67. The van der Waals surface area contributed by atoms with Crippen molar-refractivity contribution in [2.45, 2.75) is 39.7 Å². The van der Waals surface area contributed by atoms with Crippen molar-refractivity contribution in [2.75, 3.05) is 6.61 Å². The summed E-state index contributed by atoms with van der Waals surface area (Å²) in [6, 6.07) is 15.2. The number of hydrogen-bond acceptors (Lipinski definition) is 6. The molecule has 1 aromatic heterocycles. The molecule has 10 heteroatoms. The third kappa shape index (κ3) is 6.49. The second-order valence-electron chi connectivity index (χ2n) is 8.86. The lowest BCUT2D eigenvalue weighted by Crippen LogP contribution is -2.23. The minimum Gasteiger partial charge on any atom is -0.490 e. The summed E-state index contributed by atoms with van der Waals surface area (Å²) in [4.78, 5) is 29.2. The van der Waals surface area contributed by atoms with Gasteiger partial charge in [0, 0.05) is 10.4 Å². The van der Waals surface area contributed by atoms with E-state index >= 15 is 0 Å². The number of halogens is 2. The lowest BCUT2D eigenvalue weighted by Gasteiger charge is -2.15. The van der Waals surface area contributed by atoms with Crippen LogP contribution < -0.4 is 15.0 Å². The molecule has 0 bridgehead atoms. The van der Waals surface area contributed by atoms with Crippen molar-refractivity contribution < 1.29 is 19.4 Å². The van der Waals surface area contributed by atoms with Gasteiger partial charge >= 0.3 is 5.97 Å². The Bertz CT molecular complexity index is 1600. The number of ether oxygens (including phenoxy) is 2. The summed E-state index contributed by atoms with van der Waals surface area (Å²) in [7, 11) is 0. The number of benzene rings is 3. The first-order valence-electron chi connectivity index (χ1n) is 12.4. The number of nitrogens with zero attached hydrogens (tertiary/aromatic N) is 3. The Morgan fingerprint density at radius 2 is 1.90 bits per heavy atom. The highest BCUT2D eigenvalue weighted by Crippen LogP contribution is 2.37. The van der Waals surface area contributed by atoms with E-state index in [0.29, 0.717) is 45.4 Å². The van der Waals surface area contributed by atoms with E-state index in [2.05, 4.69) is 21.0 Å². The molecule has 0 unspecified atom stereocenters. The Hall–Kier alpha value is -3.69. The molecular formula is C29H27BrClN3O5. The maximum absolute atomic E-state index is 13.4. The second-order valence-corrected chi connectivity index (χ2v) is 10.2. The fraction of sp³-hybridized carbons (Fsp3) is 0.241. The van der Waals surface area contributed by atoms with Crippen molar-refractivity contribution >= 4 is 50.6 Å². The normalized spacial score (nSPS) is 12.1. The summed E-state index contributed by atoms with van der Waals surface area (Å²) in [5, 5.41) is 14.4. The third-order valence-corrected chi connectivity index (χ3v) is 6.90. The first kappa shape index (κ1) is 28.3. The molecule has 3 aromatic carbocycles. The predicted molar refractivity (Wildman–Crippen MR) is 156 cm³/mol. The van der Waals surface area contributed by atoms with Crippen molar-refractivity contribution in [1.82, 2.24) is 9.66 Å². The lowest BCUT2D eigenvalue weighted by atomic mass is 10.1. The molecule has 0 fully saturated rings. The average Bonchev–Trinajstić information content (AvgIpc) is 2.92. The van der Waals surface area contributed by atoms with Crippen molar-refractivity contribution in [1.29, 1.82) is 0 Å². The number of fused-ring (bicyclic) bond motifs is 1. The zero-order valence-electron chi connectivity index (χ0n) is 21.6. The maximum atomic E-state index is 13.4. The van der Waals surface area contributed by atoms with Gasteiger partial charge in [0.15, 0.2) is 11.5 Å². The predicted octanol–water partition coefficient (Wildman–Crippen LogP) is 6.88. The monoisotopic (exact) mass is 611 g/mol. The smallest absolute Gasteiger partial charge is 0.335 e. The third-order valence-electron chi connectivity index (χ3n) is 6.12. The van der Waals surface area contributed by atoms with Crippen LogP contribution in [0.15, 0.2) is 69.0 Å². The van der Waals surface area contributed by atoms with Crippen LogP contribution in [-0.2, 0) is 6.61 Å². The number of aromatic nitrogens is 2. The van der Waals surface area contributed by atoms with Gasteiger partial charge < -0.3 is 14.6 Å². The van der Waals surface area contributed by atoms with Crippen LogP contribution in [0.25, 0.3) is 10.9 Å². The van der Waals surface area contributed by atoms with E-state index in [1.165, 1.54) is 16.8 Å². The van der Waals surface area contributed by atoms with Crippen molar-refractivity contribution in [2.24, 2.45) is 5.10 Å². The molecule has 0 saturated heterocycles. The highest BCUT2D eigenvalue weighted by molar-refractivity contribution is 9.10. The van der Waals surface area contributed by atoms with Crippen LogP contribution in [0.1, 0.15) is 60.4 Å². The van der Waals surface area contributed by atoms with Crippen molar-refractivity contribution in [3.05, 3.63) is 97.0 Å². The van der Waals surface area contributed by atoms with Crippen LogP contribution >= 0.6 is 27.5 Å². The Morgan fingerprint density at radius 1 is 1.15 bits per heavy atom. The summed E-state index contributed by atoms with van der Waals surface area (Å²) < 4.78 is 13.9. The molecule has 0 aliphatic rings. The van der Waals surface area contributed by atoms with Gasteiger partial charge in [-0.25, -0.2) is 9.78 Å². The van der Waals surface area contributed by atoms with Crippen LogP contribution in [0.3, 0.4) is 0 Å². The van der Waals surface area contributed by atoms with E-state index in [1.54, 1.807) is 36.5 Å². The molecule has 39 heavy (non-hydrogen) atoms. The lowest BCUT2D eigenvalue weighted by molar-refractivity contribution is 0.0697. The Morgan fingerprint density at radius 3 is 2.56 bits per heavy atom. The van der Waals surface area contributed by atoms with Gasteiger partial charge in [0.25, 0.3) is 5.56 Å². The highest BCUT2D eigenvalue weighted by Gasteiger charge is 2.17. The van der Waals surface area contributed by atoms with Gasteiger partial charge in [-0.1, -0.05) is 53.5 Å². The molecule has 0 amide bonds. The van der Waals surface area contributed by atoms with E-state index in [4.69, 9.17) is 31.2 Å². The quantitative estimate of drug-likeness (QED) is 0.196. The second kappa shape index (κ2) is 12.4.